The molecule has 0 saturated heterocycles. The second-order valence-corrected chi connectivity index (χ2v) is 5.91. The maximum atomic E-state index is 13.6. The first-order valence-electron chi connectivity index (χ1n) is 7.35. The molecule has 2 aromatic carbocycles. The van der Waals surface area contributed by atoms with Crippen molar-refractivity contribution in [2.75, 3.05) is 26.1 Å². The van der Waals surface area contributed by atoms with Crippen LogP contribution < -0.4 is 20.1 Å². The summed E-state index contributed by atoms with van der Waals surface area (Å²) in [5.74, 6) is 0.433. The van der Waals surface area contributed by atoms with Crippen LogP contribution in [0.15, 0.2) is 40.9 Å². The predicted molar refractivity (Wildman–Crippen MR) is 95.6 cm³/mol. The van der Waals surface area contributed by atoms with Gasteiger partial charge in [-0.3, -0.25) is 0 Å². The van der Waals surface area contributed by atoms with Crippen molar-refractivity contribution in [2.45, 2.75) is 6.10 Å². The van der Waals surface area contributed by atoms with Crippen molar-refractivity contribution in [1.82, 2.24) is 5.32 Å². The molecule has 2 amide bonds. The van der Waals surface area contributed by atoms with E-state index in [1.165, 1.54) is 32.4 Å². The lowest BCUT2D eigenvalue weighted by atomic mass is 10.1. The van der Waals surface area contributed by atoms with Crippen LogP contribution in [-0.4, -0.2) is 31.9 Å². The Labute approximate surface area is 153 Å². The van der Waals surface area contributed by atoms with Crippen LogP contribution in [-0.2, 0) is 0 Å². The predicted octanol–water partition coefficient (Wildman–Crippen LogP) is 3.46. The fourth-order valence-corrected chi connectivity index (χ4v) is 2.58. The Morgan fingerprint density at radius 1 is 1.24 bits per heavy atom. The van der Waals surface area contributed by atoms with E-state index in [2.05, 4.69) is 26.6 Å². The topological polar surface area (TPSA) is 79.8 Å². The number of nitrogens with one attached hydrogen (secondary N) is 2. The van der Waals surface area contributed by atoms with E-state index in [0.717, 1.165) is 0 Å². The minimum absolute atomic E-state index is 0.120. The number of urea groups is 1. The third-order valence-electron chi connectivity index (χ3n) is 3.44. The number of anilines is 1. The molecule has 0 aliphatic rings. The molecule has 0 heterocycles. The highest BCUT2D eigenvalue weighted by Gasteiger charge is 2.15. The van der Waals surface area contributed by atoms with Gasteiger partial charge in [-0.05, 0) is 22.0 Å². The molecule has 6 nitrogen and oxygen atoms in total. The van der Waals surface area contributed by atoms with Crippen molar-refractivity contribution in [1.29, 1.82) is 0 Å². The maximum absolute atomic E-state index is 13.6. The summed E-state index contributed by atoms with van der Waals surface area (Å²) >= 11 is 3.33. The normalized spacial score (nSPS) is 11.6. The molecule has 0 spiro atoms. The molecular formula is C17H18BrFN2O4. The van der Waals surface area contributed by atoms with Gasteiger partial charge < -0.3 is 25.2 Å². The van der Waals surface area contributed by atoms with Crippen molar-refractivity contribution in [3.05, 3.63) is 52.3 Å². The summed E-state index contributed by atoms with van der Waals surface area (Å²) in [5.41, 5.74) is 0.575. The molecule has 8 heteroatoms. The summed E-state index contributed by atoms with van der Waals surface area (Å²) in [5, 5.41) is 15.1. The fraction of sp³-hybridized carbons (Fsp3) is 0.235. The molecule has 1 unspecified atom stereocenters. The Bertz CT molecular complexity index is 757. The van der Waals surface area contributed by atoms with Crippen molar-refractivity contribution < 1.29 is 23.8 Å². The minimum atomic E-state index is -1.15. The number of amides is 2. The number of hydrogen-bond donors (Lipinski definition) is 3. The largest absolute Gasteiger partial charge is 0.493 e. The van der Waals surface area contributed by atoms with E-state index in [1.54, 1.807) is 18.2 Å². The molecule has 0 aliphatic heterocycles. The van der Waals surface area contributed by atoms with Crippen LogP contribution in [0.3, 0.4) is 0 Å². The number of aliphatic hydroxyl groups is 1. The maximum Gasteiger partial charge on any atom is 0.319 e. The van der Waals surface area contributed by atoms with Gasteiger partial charge in [0.15, 0.2) is 11.5 Å². The molecule has 3 N–H and O–H groups in total. The summed E-state index contributed by atoms with van der Waals surface area (Å²) in [6.45, 7) is -0.141. The van der Waals surface area contributed by atoms with Crippen LogP contribution in [0.25, 0.3) is 0 Å². The number of carbonyl (C=O) groups excluding carboxylic acids is 1. The van der Waals surface area contributed by atoms with Gasteiger partial charge in [-0.25, -0.2) is 9.18 Å². The second-order valence-electron chi connectivity index (χ2n) is 5.06. The number of halogens is 2. The molecule has 0 aliphatic carbocycles. The van der Waals surface area contributed by atoms with Gasteiger partial charge in [0.2, 0.25) is 0 Å². The van der Waals surface area contributed by atoms with E-state index in [4.69, 9.17) is 9.47 Å². The third-order valence-corrected chi connectivity index (χ3v) is 4.10. The van der Waals surface area contributed by atoms with Crippen LogP contribution in [0, 0.1) is 5.82 Å². The monoisotopic (exact) mass is 412 g/mol. The number of carbonyl (C=O) groups is 1. The summed E-state index contributed by atoms with van der Waals surface area (Å²) in [6.07, 6.45) is -1.15. The van der Waals surface area contributed by atoms with Crippen LogP contribution in [0.5, 0.6) is 11.5 Å². The van der Waals surface area contributed by atoms with E-state index in [-0.39, 0.29) is 12.1 Å². The number of benzene rings is 2. The van der Waals surface area contributed by atoms with E-state index in [0.29, 0.717) is 21.7 Å². The minimum Gasteiger partial charge on any atom is -0.493 e. The smallest absolute Gasteiger partial charge is 0.319 e. The number of methoxy groups -OCH3 is 2. The highest BCUT2D eigenvalue weighted by Crippen LogP contribution is 2.36. The zero-order chi connectivity index (χ0) is 18.4. The van der Waals surface area contributed by atoms with Gasteiger partial charge in [0.05, 0.1) is 26.0 Å². The highest BCUT2D eigenvalue weighted by atomic mass is 79.9. The van der Waals surface area contributed by atoms with Gasteiger partial charge >= 0.3 is 6.03 Å². The van der Waals surface area contributed by atoms with Gasteiger partial charge in [-0.15, -0.1) is 0 Å². The average Bonchev–Trinajstić information content (AvgIpc) is 2.61. The standard InChI is InChI=1S/C17H18BrFN2O4/c1-24-15-7-11(18)13(8-16(15)25-2)21-17(23)20-9-14(22)10-5-3-4-6-12(10)19/h3-8,14,22H,9H2,1-2H3,(H2,20,21,23). The highest BCUT2D eigenvalue weighted by molar-refractivity contribution is 9.10. The number of ether oxygens (including phenoxy) is 2. The Balaban J connectivity index is 2.00. The van der Waals surface area contributed by atoms with E-state index in [1.807, 2.05) is 0 Å². The number of aliphatic hydroxyl groups excluding tert-OH is 1. The molecule has 0 bridgehead atoms. The van der Waals surface area contributed by atoms with Gasteiger partial charge in [0, 0.05) is 28.7 Å². The van der Waals surface area contributed by atoms with Crippen LogP contribution in [0.4, 0.5) is 14.9 Å². The molecule has 25 heavy (non-hydrogen) atoms. The SMILES string of the molecule is COc1cc(Br)c(NC(=O)NCC(O)c2ccccc2F)cc1OC. The molecule has 0 radical (unpaired) electrons. The third kappa shape index (κ3) is 4.83. The Hall–Kier alpha value is -2.32. The van der Waals surface area contributed by atoms with E-state index < -0.39 is 18.0 Å². The van der Waals surface area contributed by atoms with Gasteiger partial charge in [0.1, 0.15) is 5.82 Å². The second kappa shape index (κ2) is 8.68. The molecule has 0 saturated carbocycles. The zero-order valence-electron chi connectivity index (χ0n) is 13.7. The molecule has 0 aromatic heterocycles. The molecule has 134 valence electrons. The number of rotatable bonds is 6. The summed E-state index contributed by atoms with van der Waals surface area (Å²) < 4.78 is 24.5. The lowest BCUT2D eigenvalue weighted by molar-refractivity contribution is 0.170. The summed E-state index contributed by atoms with van der Waals surface area (Å²) in [6, 6.07) is 8.55. The Morgan fingerprint density at radius 2 is 1.88 bits per heavy atom. The molecule has 1 atom stereocenters. The van der Waals surface area contributed by atoms with Crippen LogP contribution in [0.1, 0.15) is 11.7 Å². The molecule has 2 rings (SSSR count). The Kier molecular flexibility index (Phi) is 6.60. The van der Waals surface area contributed by atoms with Crippen LogP contribution >= 0.6 is 15.9 Å². The average molecular weight is 413 g/mol. The number of hydrogen-bond acceptors (Lipinski definition) is 4. The quantitative estimate of drug-likeness (QED) is 0.678. The molecule has 2 aromatic rings. The lowest BCUT2D eigenvalue weighted by Crippen LogP contribution is -2.32. The molecular weight excluding hydrogens is 395 g/mol. The zero-order valence-corrected chi connectivity index (χ0v) is 15.3. The van der Waals surface area contributed by atoms with E-state index >= 15 is 0 Å². The summed E-state index contributed by atoms with van der Waals surface area (Å²) in [4.78, 5) is 12.0. The first-order chi connectivity index (χ1) is 12.0. The van der Waals surface area contributed by atoms with Crippen molar-refractivity contribution in [3.8, 4) is 11.5 Å². The van der Waals surface area contributed by atoms with Gasteiger partial charge in [-0.2, -0.15) is 0 Å². The van der Waals surface area contributed by atoms with Gasteiger partial charge in [0.25, 0.3) is 0 Å². The van der Waals surface area contributed by atoms with Crippen molar-refractivity contribution in [2.24, 2.45) is 0 Å². The first kappa shape index (κ1) is 19.0. The lowest BCUT2D eigenvalue weighted by Gasteiger charge is -2.15. The van der Waals surface area contributed by atoms with Crippen molar-refractivity contribution >= 4 is 27.6 Å². The summed E-state index contributed by atoms with van der Waals surface area (Å²) in [7, 11) is 2.99. The van der Waals surface area contributed by atoms with Crippen LogP contribution in [0.2, 0.25) is 0 Å². The van der Waals surface area contributed by atoms with Crippen molar-refractivity contribution in [3.63, 3.8) is 0 Å². The first-order valence-corrected chi connectivity index (χ1v) is 8.14. The van der Waals surface area contributed by atoms with E-state index in [9.17, 15) is 14.3 Å². The van der Waals surface area contributed by atoms with Gasteiger partial charge in [-0.1, -0.05) is 18.2 Å². The molecule has 0 fully saturated rings. The Morgan fingerprint density at radius 3 is 2.52 bits per heavy atom. The fourth-order valence-electron chi connectivity index (χ4n) is 2.16.